The van der Waals surface area contributed by atoms with Crippen LogP contribution in [-0.4, -0.2) is 67.4 Å². The number of thioether (sulfide) groups is 1. The maximum atomic E-state index is 3.36. The lowest BCUT2D eigenvalue weighted by molar-refractivity contribution is 0.0759. The molecule has 0 aromatic heterocycles. The Hall–Kier alpha value is -0.550. The average Bonchev–Trinajstić information content (AvgIpc) is 2.40. The number of nitrogens with one attached hydrogen (secondary N) is 1. The van der Waals surface area contributed by atoms with Crippen LogP contribution in [0, 0.1) is 0 Å². The fraction of sp³-hybridized carbons (Fsp3) is 0.600. The zero-order valence-electron chi connectivity index (χ0n) is 11.4. The Labute approximate surface area is 120 Å². The van der Waals surface area contributed by atoms with E-state index in [9.17, 15) is 0 Å². The van der Waals surface area contributed by atoms with E-state index < -0.39 is 0 Å². The van der Waals surface area contributed by atoms with Crippen molar-refractivity contribution in [2.24, 2.45) is 0 Å². The number of benzene rings is 1. The summed E-state index contributed by atoms with van der Waals surface area (Å²) in [6, 6.07) is 11.5. The molecule has 104 valence electrons. The maximum Gasteiger partial charge on any atom is 0.0346 e. The minimum Gasteiger partial charge on any atom is -0.314 e. The number of hydrogen-bond donors (Lipinski definition) is 1. The molecule has 1 aromatic rings. The van der Waals surface area contributed by atoms with Gasteiger partial charge in [0.2, 0.25) is 0 Å². The van der Waals surface area contributed by atoms with Gasteiger partial charge in [0, 0.05) is 62.5 Å². The SMILES string of the molecule is c1ccc(SCCN2CCN(C3CNC3)CC2)cc1. The van der Waals surface area contributed by atoms with Crippen LogP contribution in [0.5, 0.6) is 0 Å². The molecule has 0 radical (unpaired) electrons. The van der Waals surface area contributed by atoms with E-state index in [1.54, 1.807) is 0 Å². The first-order valence-electron chi connectivity index (χ1n) is 7.27. The zero-order chi connectivity index (χ0) is 12.9. The lowest BCUT2D eigenvalue weighted by Crippen LogP contribution is -2.61. The van der Waals surface area contributed by atoms with E-state index in [0.29, 0.717) is 0 Å². The highest BCUT2D eigenvalue weighted by Gasteiger charge is 2.27. The van der Waals surface area contributed by atoms with Crippen LogP contribution in [0.15, 0.2) is 35.2 Å². The molecule has 0 bridgehead atoms. The van der Waals surface area contributed by atoms with Gasteiger partial charge < -0.3 is 5.32 Å². The predicted molar refractivity (Wildman–Crippen MR) is 81.8 cm³/mol. The van der Waals surface area contributed by atoms with Crippen molar-refractivity contribution in [3.8, 4) is 0 Å². The molecule has 0 amide bonds. The molecule has 19 heavy (non-hydrogen) atoms. The third-order valence-electron chi connectivity index (χ3n) is 4.10. The van der Waals surface area contributed by atoms with E-state index in [0.717, 1.165) is 6.04 Å². The van der Waals surface area contributed by atoms with Crippen molar-refractivity contribution in [2.45, 2.75) is 10.9 Å². The number of piperazine rings is 1. The lowest BCUT2D eigenvalue weighted by Gasteiger charge is -2.43. The van der Waals surface area contributed by atoms with Crippen LogP contribution < -0.4 is 5.32 Å². The molecule has 3 nitrogen and oxygen atoms in total. The maximum absolute atomic E-state index is 3.36. The summed E-state index contributed by atoms with van der Waals surface area (Å²) in [5, 5.41) is 3.36. The molecule has 2 aliphatic rings. The van der Waals surface area contributed by atoms with Crippen molar-refractivity contribution in [1.29, 1.82) is 0 Å². The zero-order valence-corrected chi connectivity index (χ0v) is 12.2. The quantitative estimate of drug-likeness (QED) is 0.819. The van der Waals surface area contributed by atoms with Crippen molar-refractivity contribution in [1.82, 2.24) is 15.1 Å². The van der Waals surface area contributed by atoms with Crippen molar-refractivity contribution in [3.63, 3.8) is 0 Å². The van der Waals surface area contributed by atoms with Gasteiger partial charge in [-0.1, -0.05) is 18.2 Å². The van der Waals surface area contributed by atoms with Gasteiger partial charge in [0.15, 0.2) is 0 Å². The van der Waals surface area contributed by atoms with Crippen LogP contribution >= 0.6 is 11.8 Å². The van der Waals surface area contributed by atoms with Gasteiger partial charge in [-0.05, 0) is 12.1 Å². The number of nitrogens with zero attached hydrogens (tertiary/aromatic N) is 2. The highest BCUT2D eigenvalue weighted by atomic mass is 32.2. The fourth-order valence-electron chi connectivity index (χ4n) is 2.69. The highest BCUT2D eigenvalue weighted by Crippen LogP contribution is 2.17. The first-order valence-corrected chi connectivity index (χ1v) is 8.25. The summed E-state index contributed by atoms with van der Waals surface area (Å²) >= 11 is 1.97. The molecule has 0 spiro atoms. The van der Waals surface area contributed by atoms with E-state index in [4.69, 9.17) is 0 Å². The second kappa shape index (κ2) is 6.75. The van der Waals surface area contributed by atoms with Gasteiger partial charge in [0.05, 0.1) is 0 Å². The summed E-state index contributed by atoms with van der Waals surface area (Å²) < 4.78 is 0. The van der Waals surface area contributed by atoms with E-state index in [2.05, 4.69) is 45.4 Å². The molecule has 0 unspecified atom stereocenters. The molecule has 0 aliphatic carbocycles. The first-order chi connectivity index (χ1) is 9.42. The third-order valence-corrected chi connectivity index (χ3v) is 5.09. The summed E-state index contributed by atoms with van der Waals surface area (Å²) in [7, 11) is 0. The summed E-state index contributed by atoms with van der Waals surface area (Å²) in [6.07, 6.45) is 0. The van der Waals surface area contributed by atoms with Gasteiger partial charge in [-0.3, -0.25) is 9.80 Å². The molecule has 1 aromatic carbocycles. The largest absolute Gasteiger partial charge is 0.314 e. The molecule has 2 fully saturated rings. The van der Waals surface area contributed by atoms with Crippen molar-refractivity contribution in [2.75, 3.05) is 51.6 Å². The van der Waals surface area contributed by atoms with Crippen molar-refractivity contribution >= 4 is 11.8 Å². The van der Waals surface area contributed by atoms with Gasteiger partial charge in [0.1, 0.15) is 0 Å². The van der Waals surface area contributed by atoms with Gasteiger partial charge in [0.25, 0.3) is 0 Å². The van der Waals surface area contributed by atoms with Crippen LogP contribution in [0.2, 0.25) is 0 Å². The molecule has 0 saturated carbocycles. The second-order valence-corrected chi connectivity index (χ2v) is 6.52. The molecule has 2 aliphatic heterocycles. The van der Waals surface area contributed by atoms with Crippen LogP contribution in [0.1, 0.15) is 0 Å². The number of hydrogen-bond acceptors (Lipinski definition) is 4. The number of rotatable bonds is 5. The highest BCUT2D eigenvalue weighted by molar-refractivity contribution is 7.99. The normalized spacial score (nSPS) is 22.3. The summed E-state index contributed by atoms with van der Waals surface area (Å²) in [5.41, 5.74) is 0. The summed E-state index contributed by atoms with van der Waals surface area (Å²) in [6.45, 7) is 8.60. The minimum absolute atomic E-state index is 0.820. The molecular formula is C15H23N3S. The second-order valence-electron chi connectivity index (χ2n) is 5.35. The van der Waals surface area contributed by atoms with Crippen molar-refractivity contribution in [3.05, 3.63) is 30.3 Å². The third kappa shape index (κ3) is 3.72. The minimum atomic E-state index is 0.820. The van der Waals surface area contributed by atoms with E-state index in [1.165, 1.54) is 56.5 Å². The molecule has 1 N–H and O–H groups in total. The Morgan fingerprint density at radius 2 is 1.79 bits per heavy atom. The predicted octanol–water partition coefficient (Wildman–Crippen LogP) is 1.37. The Morgan fingerprint density at radius 1 is 1.05 bits per heavy atom. The van der Waals surface area contributed by atoms with Crippen LogP contribution in [0.4, 0.5) is 0 Å². The van der Waals surface area contributed by atoms with Gasteiger partial charge in [-0.25, -0.2) is 0 Å². The molecule has 4 heteroatoms. The average molecular weight is 277 g/mol. The summed E-state index contributed by atoms with van der Waals surface area (Å²) in [4.78, 5) is 6.65. The molecule has 0 atom stereocenters. The van der Waals surface area contributed by atoms with E-state index in [1.807, 2.05) is 11.8 Å². The molecule has 2 saturated heterocycles. The van der Waals surface area contributed by atoms with Crippen LogP contribution in [0.3, 0.4) is 0 Å². The molecule has 2 heterocycles. The summed E-state index contributed by atoms with van der Waals surface area (Å²) in [5.74, 6) is 1.20. The Bertz CT molecular complexity index is 372. The van der Waals surface area contributed by atoms with Gasteiger partial charge >= 0.3 is 0 Å². The molecule has 3 rings (SSSR count). The Balaban J connectivity index is 1.33. The van der Waals surface area contributed by atoms with Crippen molar-refractivity contribution < 1.29 is 0 Å². The first kappa shape index (κ1) is 13.4. The smallest absolute Gasteiger partial charge is 0.0346 e. The van der Waals surface area contributed by atoms with Crippen LogP contribution in [-0.2, 0) is 0 Å². The standard InChI is InChI=1S/C15H23N3S/c1-2-4-15(5-3-1)19-11-10-17-6-8-18(9-7-17)14-12-16-13-14/h1-5,14,16H,6-13H2. The Kier molecular flexibility index (Phi) is 4.77. The Morgan fingerprint density at radius 3 is 2.42 bits per heavy atom. The van der Waals surface area contributed by atoms with E-state index >= 15 is 0 Å². The monoisotopic (exact) mass is 277 g/mol. The topological polar surface area (TPSA) is 18.5 Å². The van der Waals surface area contributed by atoms with Gasteiger partial charge in [-0.2, -0.15) is 0 Å². The van der Waals surface area contributed by atoms with E-state index in [-0.39, 0.29) is 0 Å². The fourth-order valence-corrected chi connectivity index (χ4v) is 3.63. The van der Waals surface area contributed by atoms with Gasteiger partial charge in [-0.15, -0.1) is 11.8 Å². The lowest BCUT2D eigenvalue weighted by atomic mass is 10.1. The molecular weight excluding hydrogens is 254 g/mol. The van der Waals surface area contributed by atoms with Crippen LogP contribution in [0.25, 0.3) is 0 Å².